The van der Waals surface area contributed by atoms with E-state index in [0.717, 1.165) is 28.6 Å². The molecule has 164 valence electrons. The van der Waals surface area contributed by atoms with Crippen LogP contribution in [0.1, 0.15) is 6.42 Å². The number of anilines is 1. The average Bonchev–Trinajstić information content (AvgIpc) is 3.00. The van der Waals surface area contributed by atoms with Crippen molar-refractivity contribution in [1.82, 2.24) is 0 Å². The largest absolute Gasteiger partial charge is 0.573 e. The molecule has 0 N–H and O–H groups in total. The Labute approximate surface area is 172 Å². The van der Waals surface area contributed by atoms with Crippen LogP contribution in [0.15, 0.2) is 53.4 Å². The highest BCUT2D eigenvalue weighted by atomic mass is 32.2. The fourth-order valence-electron chi connectivity index (χ4n) is 3.18. The number of hydrogen-bond acceptors (Lipinski definition) is 6. The van der Waals surface area contributed by atoms with Gasteiger partial charge in [-0.25, -0.2) is 16.8 Å². The smallest absolute Gasteiger partial charge is 0.497 e. The molecule has 0 spiro atoms. The Morgan fingerprint density at radius 3 is 2.27 bits per heavy atom. The monoisotopic (exact) mass is 465 g/mol. The number of ether oxygens (including phenoxy) is 2. The fourth-order valence-corrected chi connectivity index (χ4v) is 6.69. The molecule has 7 nitrogen and oxygen atoms in total. The molecule has 1 saturated heterocycles. The first-order valence-electron chi connectivity index (χ1n) is 8.66. The first-order chi connectivity index (χ1) is 13.9. The maximum Gasteiger partial charge on any atom is 0.573 e. The number of nitrogens with zero attached hydrogens (tertiary/aromatic N) is 1. The molecule has 0 radical (unpaired) electrons. The second-order valence-electron chi connectivity index (χ2n) is 6.58. The van der Waals surface area contributed by atoms with Gasteiger partial charge in [0.1, 0.15) is 11.5 Å². The number of methoxy groups -OCH3 is 1. The zero-order valence-corrected chi connectivity index (χ0v) is 17.3. The summed E-state index contributed by atoms with van der Waals surface area (Å²) < 4.78 is 98.1. The summed E-state index contributed by atoms with van der Waals surface area (Å²) in [5.74, 6) is -0.818. The Morgan fingerprint density at radius 1 is 1.07 bits per heavy atom. The lowest BCUT2D eigenvalue weighted by molar-refractivity contribution is -0.274. The molecule has 0 aromatic heterocycles. The van der Waals surface area contributed by atoms with Crippen LogP contribution in [0.2, 0.25) is 0 Å². The van der Waals surface area contributed by atoms with Crippen molar-refractivity contribution in [3.63, 3.8) is 0 Å². The van der Waals surface area contributed by atoms with E-state index in [-0.39, 0.29) is 17.9 Å². The van der Waals surface area contributed by atoms with Crippen molar-refractivity contribution in [2.45, 2.75) is 23.7 Å². The number of alkyl halides is 3. The van der Waals surface area contributed by atoms with Gasteiger partial charge in [0.15, 0.2) is 9.84 Å². The summed E-state index contributed by atoms with van der Waals surface area (Å²) in [4.78, 5) is -0.454. The van der Waals surface area contributed by atoms with Crippen molar-refractivity contribution in [3.8, 4) is 11.5 Å². The SMILES string of the molecule is COc1ccc(N([C@@H]2CCS(=O)(=O)C2)S(=O)(=O)c2cccc(OC(F)(F)F)c2)cc1. The van der Waals surface area contributed by atoms with Gasteiger partial charge in [-0.1, -0.05) is 6.07 Å². The van der Waals surface area contributed by atoms with Crippen LogP contribution in [0.3, 0.4) is 0 Å². The standard InChI is InChI=1S/C18H18F3NO6S2/c1-27-15-7-5-13(6-8-15)22(14-9-10-29(23,24)12-14)30(25,26)17-4-2-3-16(11-17)28-18(19,20)21/h2-8,11,14H,9-10,12H2,1H3/t14-/m1/s1. The third kappa shape index (κ3) is 4.98. The van der Waals surface area contributed by atoms with Crippen LogP contribution in [0, 0.1) is 0 Å². The minimum Gasteiger partial charge on any atom is -0.497 e. The van der Waals surface area contributed by atoms with Crippen LogP contribution in [0.4, 0.5) is 18.9 Å². The first kappa shape index (κ1) is 22.2. The van der Waals surface area contributed by atoms with Gasteiger partial charge in [-0.15, -0.1) is 13.2 Å². The Balaban J connectivity index is 2.07. The number of hydrogen-bond donors (Lipinski definition) is 0. The van der Waals surface area contributed by atoms with E-state index in [1.807, 2.05) is 0 Å². The normalized spacial score (nSPS) is 18.7. The minimum absolute atomic E-state index is 0.0618. The molecular weight excluding hydrogens is 447 g/mol. The summed E-state index contributed by atoms with van der Waals surface area (Å²) >= 11 is 0. The lowest BCUT2D eigenvalue weighted by Crippen LogP contribution is -2.41. The molecule has 1 atom stereocenters. The molecular formula is C18H18F3NO6S2. The summed E-state index contributed by atoms with van der Waals surface area (Å²) in [5, 5.41) is 0. The molecule has 0 saturated carbocycles. The van der Waals surface area contributed by atoms with Gasteiger partial charge in [-0.3, -0.25) is 4.31 Å². The summed E-state index contributed by atoms with van der Waals surface area (Å²) in [6.45, 7) is 0. The zero-order chi connectivity index (χ0) is 22.2. The Morgan fingerprint density at radius 2 is 1.73 bits per heavy atom. The van der Waals surface area contributed by atoms with Crippen molar-refractivity contribution in [2.24, 2.45) is 0 Å². The number of sulfonamides is 1. The second-order valence-corrected chi connectivity index (χ2v) is 10.6. The van der Waals surface area contributed by atoms with Crippen LogP contribution < -0.4 is 13.8 Å². The molecule has 0 unspecified atom stereocenters. The molecule has 0 amide bonds. The number of rotatable bonds is 6. The lowest BCUT2D eigenvalue weighted by atomic mass is 10.2. The van der Waals surface area contributed by atoms with Crippen molar-refractivity contribution in [1.29, 1.82) is 0 Å². The lowest BCUT2D eigenvalue weighted by Gasteiger charge is -2.30. The fraction of sp³-hybridized carbons (Fsp3) is 0.333. The highest BCUT2D eigenvalue weighted by molar-refractivity contribution is 7.93. The first-order valence-corrected chi connectivity index (χ1v) is 11.9. The van der Waals surface area contributed by atoms with Gasteiger partial charge in [0.25, 0.3) is 10.0 Å². The maximum atomic E-state index is 13.4. The Kier molecular flexibility index (Phi) is 5.92. The Bertz CT molecular complexity index is 1120. The van der Waals surface area contributed by atoms with Crippen molar-refractivity contribution >= 4 is 25.5 Å². The van der Waals surface area contributed by atoms with Gasteiger partial charge >= 0.3 is 6.36 Å². The van der Waals surface area contributed by atoms with Gasteiger partial charge in [-0.05, 0) is 42.8 Å². The summed E-state index contributed by atoms with van der Waals surface area (Å²) in [6, 6.07) is 8.96. The molecule has 2 aromatic carbocycles. The van der Waals surface area contributed by atoms with Gasteiger partial charge in [0, 0.05) is 6.07 Å². The molecule has 1 aliphatic heterocycles. The number of sulfone groups is 1. The van der Waals surface area contributed by atoms with Crippen LogP contribution in [-0.2, 0) is 19.9 Å². The molecule has 30 heavy (non-hydrogen) atoms. The third-order valence-electron chi connectivity index (χ3n) is 4.46. The van der Waals surface area contributed by atoms with Crippen LogP contribution >= 0.6 is 0 Å². The van der Waals surface area contributed by atoms with E-state index in [9.17, 15) is 30.0 Å². The molecule has 1 aliphatic rings. The number of halogens is 3. The molecule has 1 fully saturated rings. The van der Waals surface area contributed by atoms with E-state index in [2.05, 4.69) is 4.74 Å². The number of benzene rings is 2. The van der Waals surface area contributed by atoms with E-state index in [1.54, 1.807) is 0 Å². The van der Waals surface area contributed by atoms with Crippen molar-refractivity contribution < 1.29 is 39.5 Å². The highest BCUT2D eigenvalue weighted by Crippen LogP contribution is 2.33. The van der Waals surface area contributed by atoms with Crippen molar-refractivity contribution in [2.75, 3.05) is 22.9 Å². The van der Waals surface area contributed by atoms with Gasteiger partial charge in [0.2, 0.25) is 0 Å². The van der Waals surface area contributed by atoms with Crippen LogP contribution in [0.25, 0.3) is 0 Å². The zero-order valence-electron chi connectivity index (χ0n) is 15.7. The van der Waals surface area contributed by atoms with E-state index in [4.69, 9.17) is 4.74 Å². The van der Waals surface area contributed by atoms with Crippen molar-refractivity contribution in [3.05, 3.63) is 48.5 Å². The Hall–Kier alpha value is -2.47. The van der Waals surface area contributed by atoms with Gasteiger partial charge < -0.3 is 9.47 Å². The summed E-state index contributed by atoms with van der Waals surface area (Å²) in [6.07, 6.45) is -4.93. The predicted octanol–water partition coefficient (Wildman–Crippen LogP) is 2.98. The minimum atomic E-state index is -4.99. The highest BCUT2D eigenvalue weighted by Gasteiger charge is 2.39. The van der Waals surface area contributed by atoms with Crippen LogP contribution in [-0.4, -0.2) is 47.9 Å². The van der Waals surface area contributed by atoms with E-state index >= 15 is 0 Å². The third-order valence-corrected chi connectivity index (χ3v) is 8.09. The van der Waals surface area contributed by atoms with E-state index in [0.29, 0.717) is 5.75 Å². The molecule has 3 rings (SSSR count). The maximum absolute atomic E-state index is 13.4. The summed E-state index contributed by atoms with van der Waals surface area (Å²) in [5.41, 5.74) is 0.167. The molecule has 1 heterocycles. The predicted molar refractivity (Wildman–Crippen MR) is 103 cm³/mol. The van der Waals surface area contributed by atoms with Gasteiger partial charge in [0.05, 0.1) is 35.2 Å². The average molecular weight is 465 g/mol. The molecule has 0 bridgehead atoms. The summed E-state index contributed by atoms with van der Waals surface area (Å²) in [7, 11) is -6.42. The van der Waals surface area contributed by atoms with E-state index in [1.165, 1.54) is 31.4 Å². The van der Waals surface area contributed by atoms with E-state index < -0.39 is 48.7 Å². The topological polar surface area (TPSA) is 90.0 Å². The molecule has 12 heteroatoms. The molecule has 0 aliphatic carbocycles. The van der Waals surface area contributed by atoms with Gasteiger partial charge in [-0.2, -0.15) is 0 Å². The molecule has 2 aromatic rings. The second kappa shape index (κ2) is 7.99. The quantitative estimate of drug-likeness (QED) is 0.652. The van der Waals surface area contributed by atoms with Crippen LogP contribution in [0.5, 0.6) is 11.5 Å².